The van der Waals surface area contributed by atoms with Crippen LogP contribution in [-0.2, 0) is 19.1 Å². The SMILES string of the molecule is CC(=O)CCC(=O)OC(=O)[C@@H](N)CCCN=C(N)N. The highest BCUT2D eigenvalue weighted by molar-refractivity contribution is 5.90. The van der Waals surface area contributed by atoms with E-state index in [4.69, 9.17) is 17.2 Å². The maximum Gasteiger partial charge on any atom is 0.330 e. The fourth-order valence-electron chi connectivity index (χ4n) is 1.15. The second kappa shape index (κ2) is 9.03. The minimum Gasteiger partial charge on any atom is -0.392 e. The van der Waals surface area contributed by atoms with Gasteiger partial charge in [0.25, 0.3) is 0 Å². The Morgan fingerprint density at radius 3 is 2.37 bits per heavy atom. The van der Waals surface area contributed by atoms with Crippen LogP contribution in [0.4, 0.5) is 0 Å². The van der Waals surface area contributed by atoms with Gasteiger partial charge in [0.15, 0.2) is 5.96 Å². The van der Waals surface area contributed by atoms with Crippen LogP contribution in [0.5, 0.6) is 0 Å². The van der Waals surface area contributed by atoms with Crippen molar-refractivity contribution in [3.63, 3.8) is 0 Å². The van der Waals surface area contributed by atoms with Crippen molar-refractivity contribution in [2.24, 2.45) is 22.2 Å². The molecule has 0 aliphatic rings. The van der Waals surface area contributed by atoms with E-state index in [1.807, 2.05) is 0 Å². The van der Waals surface area contributed by atoms with Crippen molar-refractivity contribution in [3.05, 3.63) is 0 Å². The molecule has 0 aromatic heterocycles. The van der Waals surface area contributed by atoms with Crippen LogP contribution in [0, 0.1) is 0 Å². The van der Waals surface area contributed by atoms with Gasteiger partial charge in [0, 0.05) is 13.0 Å². The molecule has 0 aliphatic heterocycles. The maximum atomic E-state index is 11.4. The molecule has 0 unspecified atom stereocenters. The standard InChI is InChI=1S/C11H20N4O4/c1-7(16)4-5-9(17)19-10(18)8(12)3-2-6-15-11(13)14/h8H,2-6,12H2,1H3,(H4,13,14,15)/t8-/m0/s1. The van der Waals surface area contributed by atoms with Crippen molar-refractivity contribution in [1.82, 2.24) is 0 Å². The van der Waals surface area contributed by atoms with Gasteiger partial charge < -0.3 is 26.7 Å². The van der Waals surface area contributed by atoms with Gasteiger partial charge in [-0.15, -0.1) is 0 Å². The number of aliphatic imine (C=N–C) groups is 1. The smallest absolute Gasteiger partial charge is 0.330 e. The molecule has 6 N–H and O–H groups in total. The first-order chi connectivity index (χ1) is 8.82. The van der Waals surface area contributed by atoms with Crippen molar-refractivity contribution >= 4 is 23.7 Å². The quantitative estimate of drug-likeness (QED) is 0.165. The van der Waals surface area contributed by atoms with Crippen molar-refractivity contribution < 1.29 is 19.1 Å². The highest BCUT2D eigenvalue weighted by Crippen LogP contribution is 2.00. The van der Waals surface area contributed by atoms with E-state index >= 15 is 0 Å². The monoisotopic (exact) mass is 272 g/mol. The zero-order valence-corrected chi connectivity index (χ0v) is 10.9. The van der Waals surface area contributed by atoms with E-state index < -0.39 is 18.0 Å². The molecular weight excluding hydrogens is 252 g/mol. The molecule has 108 valence electrons. The number of ether oxygens (including phenoxy) is 1. The molecule has 0 rings (SSSR count). The number of nitrogens with two attached hydrogens (primary N) is 3. The van der Waals surface area contributed by atoms with E-state index in [1.165, 1.54) is 6.92 Å². The average Bonchev–Trinajstić information content (AvgIpc) is 2.31. The highest BCUT2D eigenvalue weighted by atomic mass is 16.6. The molecule has 0 radical (unpaired) electrons. The summed E-state index contributed by atoms with van der Waals surface area (Å²) in [6.07, 6.45) is 0.721. The third-order valence-corrected chi connectivity index (χ3v) is 2.17. The third kappa shape index (κ3) is 9.72. The molecule has 1 atom stereocenters. The van der Waals surface area contributed by atoms with Crippen molar-refractivity contribution in [3.8, 4) is 0 Å². The number of guanidine groups is 1. The van der Waals surface area contributed by atoms with Gasteiger partial charge in [-0.3, -0.25) is 9.79 Å². The Balaban J connectivity index is 3.89. The Bertz CT molecular complexity index is 364. The molecule has 0 aromatic rings. The summed E-state index contributed by atoms with van der Waals surface area (Å²) in [5, 5.41) is 0. The first-order valence-electron chi connectivity index (χ1n) is 5.88. The van der Waals surface area contributed by atoms with E-state index in [2.05, 4.69) is 9.73 Å². The first-order valence-corrected chi connectivity index (χ1v) is 5.88. The Hall–Kier alpha value is -1.96. The van der Waals surface area contributed by atoms with Crippen LogP contribution in [0.3, 0.4) is 0 Å². The lowest BCUT2D eigenvalue weighted by Gasteiger charge is -2.09. The Labute approximate surface area is 111 Å². The maximum absolute atomic E-state index is 11.4. The zero-order valence-electron chi connectivity index (χ0n) is 10.9. The van der Waals surface area contributed by atoms with Gasteiger partial charge in [-0.1, -0.05) is 0 Å². The third-order valence-electron chi connectivity index (χ3n) is 2.17. The van der Waals surface area contributed by atoms with Crippen molar-refractivity contribution in [2.75, 3.05) is 6.54 Å². The number of esters is 2. The van der Waals surface area contributed by atoms with Gasteiger partial charge in [0.05, 0.1) is 6.42 Å². The summed E-state index contributed by atoms with van der Waals surface area (Å²) in [5.41, 5.74) is 15.8. The molecule has 0 aromatic carbocycles. The number of carbonyl (C=O) groups excluding carboxylic acids is 3. The fourth-order valence-corrected chi connectivity index (χ4v) is 1.15. The molecule has 0 amide bonds. The average molecular weight is 272 g/mol. The largest absolute Gasteiger partial charge is 0.392 e. The highest BCUT2D eigenvalue weighted by Gasteiger charge is 2.18. The van der Waals surface area contributed by atoms with Gasteiger partial charge in [-0.05, 0) is 19.8 Å². The second-order valence-electron chi connectivity index (χ2n) is 4.05. The summed E-state index contributed by atoms with van der Waals surface area (Å²) in [6, 6.07) is -0.907. The summed E-state index contributed by atoms with van der Waals surface area (Å²) in [5.74, 6) is -1.74. The van der Waals surface area contributed by atoms with Crippen molar-refractivity contribution in [1.29, 1.82) is 0 Å². The molecule has 0 bridgehead atoms. The van der Waals surface area contributed by atoms with Gasteiger partial charge in [-0.25, -0.2) is 4.79 Å². The molecular formula is C11H20N4O4. The normalized spacial score (nSPS) is 11.5. The molecule has 8 nitrogen and oxygen atoms in total. The minimum atomic E-state index is -0.907. The molecule has 0 spiro atoms. The van der Waals surface area contributed by atoms with Crippen LogP contribution in [0.2, 0.25) is 0 Å². The Morgan fingerprint density at radius 1 is 1.21 bits per heavy atom. The van der Waals surface area contributed by atoms with Crippen LogP contribution < -0.4 is 17.2 Å². The topological polar surface area (TPSA) is 151 Å². The molecule has 0 saturated heterocycles. The number of carbonyl (C=O) groups is 3. The van der Waals surface area contributed by atoms with Crippen LogP contribution in [-0.4, -0.2) is 36.3 Å². The lowest BCUT2D eigenvalue weighted by molar-refractivity contribution is -0.161. The summed E-state index contributed by atoms with van der Waals surface area (Å²) in [6.45, 7) is 1.70. The van der Waals surface area contributed by atoms with Crippen LogP contribution in [0.1, 0.15) is 32.6 Å². The molecule has 0 fully saturated rings. The van der Waals surface area contributed by atoms with E-state index in [0.29, 0.717) is 19.4 Å². The van der Waals surface area contributed by atoms with Gasteiger partial charge in [0.2, 0.25) is 0 Å². The van der Waals surface area contributed by atoms with Gasteiger partial charge in [-0.2, -0.15) is 0 Å². The summed E-state index contributed by atoms with van der Waals surface area (Å²) >= 11 is 0. The van der Waals surface area contributed by atoms with Crippen LogP contribution in [0.25, 0.3) is 0 Å². The second-order valence-corrected chi connectivity index (χ2v) is 4.05. The molecule has 0 aliphatic carbocycles. The van der Waals surface area contributed by atoms with E-state index in [9.17, 15) is 14.4 Å². The number of ketones is 1. The predicted octanol–water partition coefficient (Wildman–Crippen LogP) is -1.19. The van der Waals surface area contributed by atoms with Gasteiger partial charge >= 0.3 is 11.9 Å². The van der Waals surface area contributed by atoms with E-state index in [1.54, 1.807) is 0 Å². The first kappa shape index (κ1) is 17.0. The lowest BCUT2D eigenvalue weighted by atomic mass is 10.2. The molecule has 0 saturated carbocycles. The molecule has 8 heteroatoms. The number of nitrogens with zero attached hydrogens (tertiary/aromatic N) is 1. The summed E-state index contributed by atoms with van der Waals surface area (Å²) in [7, 11) is 0. The summed E-state index contributed by atoms with van der Waals surface area (Å²) in [4.78, 5) is 36.9. The number of Topliss-reactive ketones (excluding diaryl/α,β-unsaturated/α-hetero) is 1. The number of hydrogen-bond acceptors (Lipinski definition) is 6. The van der Waals surface area contributed by atoms with Crippen LogP contribution >= 0.6 is 0 Å². The number of hydrogen-bond donors (Lipinski definition) is 3. The molecule has 19 heavy (non-hydrogen) atoms. The number of rotatable bonds is 8. The zero-order chi connectivity index (χ0) is 14.8. The minimum absolute atomic E-state index is 0.0319. The predicted molar refractivity (Wildman–Crippen MR) is 68.9 cm³/mol. The summed E-state index contributed by atoms with van der Waals surface area (Å²) < 4.78 is 4.50. The van der Waals surface area contributed by atoms with E-state index in [0.717, 1.165) is 0 Å². The van der Waals surface area contributed by atoms with Crippen LogP contribution in [0.15, 0.2) is 4.99 Å². The van der Waals surface area contributed by atoms with E-state index in [-0.39, 0.29) is 24.6 Å². The lowest BCUT2D eigenvalue weighted by Crippen LogP contribution is -2.34. The Kier molecular flexibility index (Phi) is 8.10. The fraction of sp³-hybridized carbons (Fsp3) is 0.636. The Morgan fingerprint density at radius 2 is 1.84 bits per heavy atom. The van der Waals surface area contributed by atoms with Gasteiger partial charge in [0.1, 0.15) is 11.8 Å². The van der Waals surface area contributed by atoms with Crippen molar-refractivity contribution in [2.45, 2.75) is 38.6 Å². The molecule has 0 heterocycles.